The topological polar surface area (TPSA) is 101 Å². The van der Waals surface area contributed by atoms with E-state index in [4.69, 9.17) is 10.3 Å². The molecule has 0 unspecified atom stereocenters. The number of rotatable bonds is 4. The van der Waals surface area contributed by atoms with Crippen molar-refractivity contribution in [3.05, 3.63) is 46.1 Å². The highest BCUT2D eigenvalue weighted by Crippen LogP contribution is 2.12. The first-order valence-corrected chi connectivity index (χ1v) is 5.40. The average Bonchev–Trinajstić information content (AvgIpc) is 2.78. The molecule has 0 fully saturated rings. The molecule has 0 aliphatic carbocycles. The van der Waals surface area contributed by atoms with Crippen LogP contribution in [-0.2, 0) is 0 Å². The van der Waals surface area contributed by atoms with Gasteiger partial charge in [-0.15, -0.1) is 10.2 Å². The smallest absolute Gasteiger partial charge is 0.241 e. The molecule has 1 aromatic heterocycles. The van der Waals surface area contributed by atoms with Crippen molar-refractivity contribution in [1.82, 2.24) is 14.9 Å². The van der Waals surface area contributed by atoms with E-state index in [1.165, 1.54) is 4.68 Å². The average molecular weight is 257 g/mol. The number of nitrogens with zero attached hydrogens (tertiary/aromatic N) is 7. The molecule has 1 heterocycles. The van der Waals surface area contributed by atoms with E-state index in [-0.39, 0.29) is 5.95 Å². The van der Waals surface area contributed by atoms with Crippen LogP contribution in [0.1, 0.15) is 11.4 Å². The molecule has 0 radical (unpaired) electrons. The SMILES string of the molecule is COc1ccc(/C=N/n2c(C)nnc2N=[N+]=[N-])cc1. The third kappa shape index (κ3) is 2.88. The Kier molecular flexibility index (Phi) is 3.75. The van der Waals surface area contributed by atoms with E-state index >= 15 is 0 Å². The lowest BCUT2D eigenvalue weighted by Crippen LogP contribution is -1.93. The van der Waals surface area contributed by atoms with Crippen LogP contribution in [0, 0.1) is 6.92 Å². The number of hydrogen-bond acceptors (Lipinski definition) is 5. The summed E-state index contributed by atoms with van der Waals surface area (Å²) in [7, 11) is 1.61. The van der Waals surface area contributed by atoms with E-state index in [0.29, 0.717) is 5.82 Å². The van der Waals surface area contributed by atoms with Crippen LogP contribution < -0.4 is 4.74 Å². The molecule has 2 aromatic rings. The minimum Gasteiger partial charge on any atom is -0.497 e. The van der Waals surface area contributed by atoms with Crippen LogP contribution in [0.2, 0.25) is 0 Å². The molecule has 2 rings (SSSR count). The molecule has 8 heteroatoms. The number of methoxy groups -OCH3 is 1. The molecule has 0 aliphatic heterocycles. The molecule has 19 heavy (non-hydrogen) atoms. The van der Waals surface area contributed by atoms with E-state index in [1.54, 1.807) is 20.2 Å². The highest BCUT2D eigenvalue weighted by molar-refractivity contribution is 5.79. The fourth-order valence-electron chi connectivity index (χ4n) is 1.40. The normalized spacial score (nSPS) is 10.4. The maximum Gasteiger partial charge on any atom is 0.241 e. The minimum atomic E-state index is 0.102. The lowest BCUT2D eigenvalue weighted by Gasteiger charge is -1.99. The van der Waals surface area contributed by atoms with Crippen LogP contribution in [0.3, 0.4) is 0 Å². The standard InChI is InChI=1S/C11H11N7O/c1-8-14-15-11(16-17-12)18(8)13-7-9-3-5-10(19-2)6-4-9/h3-7H,1-2H3/b13-7+. The first kappa shape index (κ1) is 12.6. The summed E-state index contributed by atoms with van der Waals surface area (Å²) in [5.74, 6) is 1.41. The molecule has 0 aliphatic rings. The van der Waals surface area contributed by atoms with Crippen molar-refractivity contribution in [2.75, 3.05) is 7.11 Å². The zero-order valence-corrected chi connectivity index (χ0v) is 10.4. The Labute approximate surface area is 109 Å². The van der Waals surface area contributed by atoms with Crippen LogP contribution in [0.25, 0.3) is 10.4 Å². The molecule has 0 spiro atoms. The third-order valence-electron chi connectivity index (χ3n) is 2.35. The largest absolute Gasteiger partial charge is 0.497 e. The molecular weight excluding hydrogens is 246 g/mol. The van der Waals surface area contributed by atoms with Gasteiger partial charge in [0.15, 0.2) is 5.82 Å². The van der Waals surface area contributed by atoms with Crippen LogP contribution in [-0.4, -0.2) is 28.2 Å². The van der Waals surface area contributed by atoms with Crippen molar-refractivity contribution >= 4 is 12.2 Å². The van der Waals surface area contributed by atoms with Gasteiger partial charge >= 0.3 is 0 Å². The molecule has 0 N–H and O–H groups in total. The predicted octanol–water partition coefficient (Wildman–Crippen LogP) is 2.42. The van der Waals surface area contributed by atoms with Gasteiger partial charge in [0.2, 0.25) is 5.95 Å². The fraction of sp³-hybridized carbons (Fsp3) is 0.182. The van der Waals surface area contributed by atoms with Gasteiger partial charge in [-0.3, -0.25) is 0 Å². The van der Waals surface area contributed by atoms with E-state index in [0.717, 1.165) is 11.3 Å². The first-order chi connectivity index (χ1) is 9.24. The Balaban J connectivity index is 2.26. The van der Waals surface area contributed by atoms with Crippen molar-refractivity contribution in [1.29, 1.82) is 0 Å². The minimum absolute atomic E-state index is 0.102. The molecule has 0 amide bonds. The third-order valence-corrected chi connectivity index (χ3v) is 2.35. The molecule has 0 saturated carbocycles. The maximum atomic E-state index is 8.41. The second-order valence-corrected chi connectivity index (χ2v) is 3.57. The van der Waals surface area contributed by atoms with Gasteiger partial charge in [0.1, 0.15) is 5.75 Å². The van der Waals surface area contributed by atoms with Gasteiger partial charge in [-0.2, -0.15) is 9.78 Å². The van der Waals surface area contributed by atoms with Crippen LogP contribution in [0.4, 0.5) is 5.95 Å². The molecule has 0 bridgehead atoms. The quantitative estimate of drug-likeness (QED) is 0.363. The van der Waals surface area contributed by atoms with E-state index in [1.807, 2.05) is 24.3 Å². The lowest BCUT2D eigenvalue weighted by atomic mass is 10.2. The van der Waals surface area contributed by atoms with E-state index in [9.17, 15) is 0 Å². The summed E-state index contributed by atoms with van der Waals surface area (Å²) in [6.07, 6.45) is 1.62. The van der Waals surface area contributed by atoms with Gasteiger partial charge in [0.05, 0.1) is 13.3 Å². The second-order valence-electron chi connectivity index (χ2n) is 3.57. The molecule has 0 saturated heterocycles. The Morgan fingerprint density at radius 3 is 2.68 bits per heavy atom. The van der Waals surface area contributed by atoms with Crippen LogP contribution in [0.15, 0.2) is 34.5 Å². The number of aromatic nitrogens is 3. The highest BCUT2D eigenvalue weighted by atomic mass is 16.5. The summed E-state index contributed by atoms with van der Waals surface area (Å²) < 4.78 is 6.43. The van der Waals surface area contributed by atoms with Gasteiger partial charge in [0.25, 0.3) is 0 Å². The number of hydrogen-bond donors (Lipinski definition) is 0. The molecular formula is C11H11N7O. The highest BCUT2D eigenvalue weighted by Gasteiger charge is 2.04. The number of aryl methyl sites for hydroxylation is 1. The maximum absolute atomic E-state index is 8.41. The monoisotopic (exact) mass is 257 g/mol. The fourth-order valence-corrected chi connectivity index (χ4v) is 1.40. The summed E-state index contributed by atoms with van der Waals surface area (Å²) in [6, 6.07) is 7.37. The van der Waals surface area contributed by atoms with Gasteiger partial charge in [-0.25, -0.2) is 0 Å². The van der Waals surface area contributed by atoms with Crippen molar-refractivity contribution in [3.63, 3.8) is 0 Å². The molecule has 0 atom stereocenters. The predicted molar refractivity (Wildman–Crippen MR) is 69.6 cm³/mol. The van der Waals surface area contributed by atoms with Crippen molar-refractivity contribution in [2.45, 2.75) is 6.92 Å². The summed E-state index contributed by atoms with van der Waals surface area (Å²) in [5.41, 5.74) is 9.28. The zero-order chi connectivity index (χ0) is 13.7. The van der Waals surface area contributed by atoms with Crippen LogP contribution in [0.5, 0.6) is 5.75 Å². The number of azide groups is 1. The summed E-state index contributed by atoms with van der Waals surface area (Å²) in [4.78, 5) is 2.67. The van der Waals surface area contributed by atoms with Crippen LogP contribution >= 0.6 is 0 Å². The van der Waals surface area contributed by atoms with Gasteiger partial charge < -0.3 is 4.74 Å². The Hall–Kier alpha value is -2.86. The van der Waals surface area contributed by atoms with Crippen molar-refractivity contribution in [3.8, 4) is 5.75 Å². The Morgan fingerprint density at radius 1 is 1.32 bits per heavy atom. The van der Waals surface area contributed by atoms with Gasteiger partial charge in [0, 0.05) is 4.91 Å². The second kappa shape index (κ2) is 5.65. The molecule has 96 valence electrons. The molecule has 8 nitrogen and oxygen atoms in total. The van der Waals surface area contributed by atoms with Crippen molar-refractivity contribution in [2.24, 2.45) is 10.2 Å². The van der Waals surface area contributed by atoms with Crippen molar-refractivity contribution < 1.29 is 4.74 Å². The van der Waals surface area contributed by atoms with Gasteiger partial charge in [-0.05, 0) is 47.4 Å². The lowest BCUT2D eigenvalue weighted by molar-refractivity contribution is 0.415. The first-order valence-electron chi connectivity index (χ1n) is 5.40. The summed E-state index contributed by atoms with van der Waals surface area (Å²) in [5, 5.41) is 15.1. The van der Waals surface area contributed by atoms with E-state index in [2.05, 4.69) is 25.3 Å². The Morgan fingerprint density at radius 2 is 2.05 bits per heavy atom. The number of benzene rings is 1. The molecule has 1 aromatic carbocycles. The summed E-state index contributed by atoms with van der Waals surface area (Å²) >= 11 is 0. The van der Waals surface area contributed by atoms with E-state index < -0.39 is 0 Å². The Bertz CT molecular complexity index is 638. The van der Waals surface area contributed by atoms with Gasteiger partial charge in [-0.1, -0.05) is 0 Å². The number of ether oxygens (including phenoxy) is 1. The summed E-state index contributed by atoms with van der Waals surface area (Å²) in [6.45, 7) is 1.72. The zero-order valence-electron chi connectivity index (χ0n) is 10.4.